The largest absolute Gasteiger partial charge is 0.463 e. The highest BCUT2D eigenvalue weighted by molar-refractivity contribution is 5.70. The summed E-state index contributed by atoms with van der Waals surface area (Å²) >= 11 is 0. The van der Waals surface area contributed by atoms with E-state index < -0.39 is 0 Å². The van der Waals surface area contributed by atoms with E-state index in [0.29, 0.717) is 13.0 Å². The van der Waals surface area contributed by atoms with E-state index in [1.807, 2.05) is 13.8 Å². The monoisotopic (exact) mass is 229 g/mol. The summed E-state index contributed by atoms with van der Waals surface area (Å²) in [6, 6.07) is 0.185. The van der Waals surface area contributed by atoms with Crippen molar-refractivity contribution in [3.05, 3.63) is 0 Å². The van der Waals surface area contributed by atoms with Gasteiger partial charge in [-0.05, 0) is 32.7 Å². The van der Waals surface area contributed by atoms with E-state index in [0.717, 1.165) is 26.0 Å². The molecule has 0 bridgehead atoms. The van der Waals surface area contributed by atoms with Crippen molar-refractivity contribution in [3.8, 4) is 0 Å². The SMILES string of the molecule is CCNC(C)CC(=O)OCC1CCCCO1. The Morgan fingerprint density at radius 3 is 3.00 bits per heavy atom. The van der Waals surface area contributed by atoms with Crippen LogP contribution in [0.5, 0.6) is 0 Å². The van der Waals surface area contributed by atoms with Gasteiger partial charge >= 0.3 is 5.97 Å². The van der Waals surface area contributed by atoms with E-state index in [4.69, 9.17) is 9.47 Å². The van der Waals surface area contributed by atoms with Crippen LogP contribution < -0.4 is 5.32 Å². The first kappa shape index (κ1) is 13.5. The number of hydrogen-bond donors (Lipinski definition) is 1. The van der Waals surface area contributed by atoms with E-state index in [-0.39, 0.29) is 18.1 Å². The fourth-order valence-corrected chi connectivity index (χ4v) is 1.85. The van der Waals surface area contributed by atoms with E-state index in [1.165, 1.54) is 6.42 Å². The molecule has 0 aliphatic carbocycles. The lowest BCUT2D eigenvalue weighted by Crippen LogP contribution is -2.31. The van der Waals surface area contributed by atoms with Gasteiger partial charge < -0.3 is 14.8 Å². The van der Waals surface area contributed by atoms with Gasteiger partial charge in [0.15, 0.2) is 0 Å². The molecule has 1 fully saturated rings. The van der Waals surface area contributed by atoms with Crippen LogP contribution in [-0.2, 0) is 14.3 Å². The molecule has 1 rings (SSSR count). The Hall–Kier alpha value is -0.610. The van der Waals surface area contributed by atoms with Crippen LogP contribution in [0.15, 0.2) is 0 Å². The summed E-state index contributed by atoms with van der Waals surface area (Å²) in [5.74, 6) is -0.136. The maximum absolute atomic E-state index is 11.5. The third-order valence-corrected chi connectivity index (χ3v) is 2.73. The second kappa shape index (κ2) is 7.63. The Labute approximate surface area is 97.7 Å². The van der Waals surface area contributed by atoms with Crippen molar-refractivity contribution >= 4 is 5.97 Å². The average Bonchev–Trinajstić information content (AvgIpc) is 2.28. The summed E-state index contributed by atoms with van der Waals surface area (Å²) in [7, 11) is 0. The summed E-state index contributed by atoms with van der Waals surface area (Å²) in [6.07, 6.45) is 3.86. The number of carbonyl (C=O) groups is 1. The van der Waals surface area contributed by atoms with Gasteiger partial charge in [-0.3, -0.25) is 4.79 Å². The highest BCUT2D eigenvalue weighted by Crippen LogP contribution is 2.13. The Kier molecular flexibility index (Phi) is 6.42. The van der Waals surface area contributed by atoms with Crippen molar-refractivity contribution in [2.75, 3.05) is 19.8 Å². The predicted octanol–water partition coefficient (Wildman–Crippen LogP) is 1.49. The van der Waals surface area contributed by atoms with Crippen LogP contribution in [-0.4, -0.2) is 37.9 Å². The molecule has 4 nitrogen and oxygen atoms in total. The maximum atomic E-state index is 11.5. The molecule has 0 aromatic carbocycles. The topological polar surface area (TPSA) is 47.6 Å². The molecule has 0 amide bonds. The van der Waals surface area contributed by atoms with Crippen LogP contribution in [0, 0.1) is 0 Å². The minimum Gasteiger partial charge on any atom is -0.463 e. The molecular formula is C12H23NO3. The fraction of sp³-hybridized carbons (Fsp3) is 0.917. The molecule has 1 aliphatic rings. The summed E-state index contributed by atoms with van der Waals surface area (Å²) in [5, 5.41) is 3.18. The first-order valence-electron chi connectivity index (χ1n) is 6.23. The van der Waals surface area contributed by atoms with Crippen LogP contribution in [0.2, 0.25) is 0 Å². The second-order valence-corrected chi connectivity index (χ2v) is 4.33. The zero-order valence-corrected chi connectivity index (χ0v) is 10.3. The van der Waals surface area contributed by atoms with Gasteiger partial charge in [0.2, 0.25) is 0 Å². The predicted molar refractivity (Wildman–Crippen MR) is 62.3 cm³/mol. The molecule has 1 aliphatic heterocycles. The van der Waals surface area contributed by atoms with Crippen LogP contribution in [0.4, 0.5) is 0 Å². The Morgan fingerprint density at radius 2 is 2.38 bits per heavy atom. The van der Waals surface area contributed by atoms with Gasteiger partial charge in [0.1, 0.15) is 6.61 Å². The zero-order chi connectivity index (χ0) is 11.8. The summed E-state index contributed by atoms with van der Waals surface area (Å²) < 4.78 is 10.7. The van der Waals surface area contributed by atoms with Crippen LogP contribution in [0.1, 0.15) is 39.5 Å². The lowest BCUT2D eigenvalue weighted by atomic mass is 10.1. The Balaban J connectivity index is 2.09. The second-order valence-electron chi connectivity index (χ2n) is 4.33. The highest BCUT2D eigenvalue weighted by Gasteiger charge is 2.16. The Bertz CT molecular complexity index is 202. The van der Waals surface area contributed by atoms with Gasteiger partial charge in [0.05, 0.1) is 12.5 Å². The van der Waals surface area contributed by atoms with E-state index in [1.54, 1.807) is 0 Å². The quantitative estimate of drug-likeness (QED) is 0.701. The van der Waals surface area contributed by atoms with Crippen LogP contribution >= 0.6 is 0 Å². The lowest BCUT2D eigenvalue weighted by molar-refractivity contribution is -0.149. The third kappa shape index (κ3) is 5.47. The summed E-state index contributed by atoms with van der Waals surface area (Å²) in [6.45, 7) is 6.10. The first-order chi connectivity index (χ1) is 7.72. The molecular weight excluding hydrogens is 206 g/mol. The molecule has 1 heterocycles. The van der Waals surface area contributed by atoms with E-state index in [2.05, 4.69) is 5.32 Å². The minimum absolute atomic E-state index is 0.118. The third-order valence-electron chi connectivity index (χ3n) is 2.73. The molecule has 0 spiro atoms. The fourth-order valence-electron chi connectivity index (χ4n) is 1.85. The molecule has 0 saturated carbocycles. The van der Waals surface area contributed by atoms with Gasteiger partial charge in [-0.2, -0.15) is 0 Å². The summed E-state index contributed by atoms with van der Waals surface area (Å²) in [5.41, 5.74) is 0. The molecule has 16 heavy (non-hydrogen) atoms. The zero-order valence-electron chi connectivity index (χ0n) is 10.3. The number of rotatable bonds is 6. The van der Waals surface area contributed by atoms with Crippen molar-refractivity contribution in [2.24, 2.45) is 0 Å². The summed E-state index contributed by atoms with van der Waals surface area (Å²) in [4.78, 5) is 11.5. The van der Waals surface area contributed by atoms with Gasteiger partial charge in [-0.25, -0.2) is 0 Å². The lowest BCUT2D eigenvalue weighted by Gasteiger charge is -2.22. The number of carbonyl (C=O) groups excluding carboxylic acids is 1. The molecule has 0 radical (unpaired) electrons. The highest BCUT2D eigenvalue weighted by atomic mass is 16.6. The van der Waals surface area contributed by atoms with Crippen molar-refractivity contribution in [2.45, 2.75) is 51.7 Å². The number of nitrogens with one attached hydrogen (secondary N) is 1. The smallest absolute Gasteiger partial charge is 0.307 e. The molecule has 0 aromatic rings. The van der Waals surface area contributed by atoms with Crippen molar-refractivity contribution < 1.29 is 14.3 Å². The molecule has 2 atom stereocenters. The standard InChI is InChI=1S/C12H23NO3/c1-3-13-10(2)8-12(14)16-9-11-6-4-5-7-15-11/h10-11,13H,3-9H2,1-2H3. The van der Waals surface area contributed by atoms with Crippen LogP contribution in [0.25, 0.3) is 0 Å². The molecule has 1 saturated heterocycles. The molecule has 1 N–H and O–H groups in total. The Morgan fingerprint density at radius 1 is 1.56 bits per heavy atom. The molecule has 0 aromatic heterocycles. The number of esters is 1. The van der Waals surface area contributed by atoms with E-state index in [9.17, 15) is 4.79 Å². The van der Waals surface area contributed by atoms with Crippen molar-refractivity contribution in [1.29, 1.82) is 0 Å². The average molecular weight is 229 g/mol. The first-order valence-corrected chi connectivity index (χ1v) is 6.23. The van der Waals surface area contributed by atoms with Gasteiger partial charge in [-0.1, -0.05) is 6.92 Å². The van der Waals surface area contributed by atoms with Crippen molar-refractivity contribution in [1.82, 2.24) is 5.32 Å². The molecule has 94 valence electrons. The van der Waals surface area contributed by atoms with Crippen molar-refractivity contribution in [3.63, 3.8) is 0 Å². The van der Waals surface area contributed by atoms with Gasteiger partial charge in [0, 0.05) is 12.6 Å². The molecule has 2 unspecified atom stereocenters. The van der Waals surface area contributed by atoms with E-state index >= 15 is 0 Å². The number of ether oxygens (including phenoxy) is 2. The number of hydrogen-bond acceptors (Lipinski definition) is 4. The maximum Gasteiger partial charge on any atom is 0.307 e. The minimum atomic E-state index is -0.136. The van der Waals surface area contributed by atoms with Gasteiger partial charge in [-0.15, -0.1) is 0 Å². The van der Waals surface area contributed by atoms with Gasteiger partial charge in [0.25, 0.3) is 0 Å². The molecule has 4 heteroatoms. The normalized spacial score (nSPS) is 22.8. The van der Waals surface area contributed by atoms with Crippen LogP contribution in [0.3, 0.4) is 0 Å².